The van der Waals surface area contributed by atoms with E-state index in [1.54, 1.807) is 6.07 Å². The molecule has 3 aromatic carbocycles. The highest BCUT2D eigenvalue weighted by Gasteiger charge is 2.21. The Balaban J connectivity index is 1.32. The molecule has 0 aromatic heterocycles. The molecule has 30 heavy (non-hydrogen) atoms. The maximum atomic E-state index is 15.0. The van der Waals surface area contributed by atoms with Gasteiger partial charge in [-0.1, -0.05) is 24.3 Å². The molecule has 0 unspecified atom stereocenters. The van der Waals surface area contributed by atoms with Gasteiger partial charge in [0.1, 0.15) is 5.82 Å². The fraction of sp³-hybridized carbons (Fsp3) is 0.333. The van der Waals surface area contributed by atoms with Crippen LogP contribution < -0.4 is 10.6 Å². The molecule has 154 valence electrons. The van der Waals surface area contributed by atoms with Crippen molar-refractivity contribution in [1.29, 1.82) is 0 Å². The van der Waals surface area contributed by atoms with Gasteiger partial charge in [0.05, 0.1) is 0 Å². The predicted molar refractivity (Wildman–Crippen MR) is 124 cm³/mol. The summed E-state index contributed by atoms with van der Waals surface area (Å²) in [6.45, 7) is 4.15. The fourth-order valence-corrected chi connectivity index (χ4v) is 3.92. The highest BCUT2D eigenvalue weighted by molar-refractivity contribution is 5.75. The van der Waals surface area contributed by atoms with E-state index >= 15 is 4.39 Å². The number of aryl methyl sites for hydroxylation is 1. The first-order valence-electron chi connectivity index (χ1n) is 11.1. The first kappa shape index (κ1) is 19.2. The van der Waals surface area contributed by atoms with E-state index < -0.39 is 0 Å². The third kappa shape index (κ3) is 4.51. The predicted octanol–water partition coefficient (Wildman–Crippen LogP) is 7.11. The molecule has 5 rings (SSSR count). The van der Waals surface area contributed by atoms with Crippen LogP contribution in [0.2, 0.25) is 0 Å². The minimum absolute atomic E-state index is 0.176. The van der Waals surface area contributed by atoms with Crippen LogP contribution in [0, 0.1) is 24.6 Å². The molecule has 3 heteroatoms. The van der Waals surface area contributed by atoms with E-state index in [1.807, 2.05) is 30.3 Å². The van der Waals surface area contributed by atoms with Crippen molar-refractivity contribution in [3.8, 4) is 22.3 Å². The standard InChI is InChI=1S/C27H29FN2/c1-18-14-26(22-8-12-24(13-9-22)30-17-20-4-5-20)27(28)15-25(18)21-6-10-23(11-7-21)29-16-19-2-3-19/h6-15,19-20,29-30H,2-5,16-17H2,1H3. The van der Waals surface area contributed by atoms with E-state index in [-0.39, 0.29) is 5.82 Å². The molecule has 0 radical (unpaired) electrons. The fourth-order valence-electron chi connectivity index (χ4n) is 3.92. The van der Waals surface area contributed by atoms with Crippen LogP contribution in [0.4, 0.5) is 15.8 Å². The molecule has 0 bridgehead atoms. The summed E-state index contributed by atoms with van der Waals surface area (Å²) in [5, 5.41) is 6.95. The summed E-state index contributed by atoms with van der Waals surface area (Å²) in [5.41, 5.74) is 6.90. The van der Waals surface area contributed by atoms with Crippen molar-refractivity contribution in [3.63, 3.8) is 0 Å². The van der Waals surface area contributed by atoms with Gasteiger partial charge in [-0.2, -0.15) is 0 Å². The second-order valence-electron chi connectivity index (χ2n) is 8.95. The molecule has 0 saturated heterocycles. The van der Waals surface area contributed by atoms with Crippen LogP contribution in [0.1, 0.15) is 31.2 Å². The molecule has 2 aliphatic rings. The third-order valence-electron chi connectivity index (χ3n) is 6.29. The Labute approximate surface area is 178 Å². The van der Waals surface area contributed by atoms with Crippen molar-refractivity contribution in [2.75, 3.05) is 23.7 Å². The number of hydrogen-bond acceptors (Lipinski definition) is 2. The Bertz CT molecular complexity index is 931. The Morgan fingerprint density at radius 1 is 0.700 bits per heavy atom. The maximum absolute atomic E-state index is 15.0. The molecule has 2 fully saturated rings. The molecule has 2 N–H and O–H groups in total. The van der Waals surface area contributed by atoms with Crippen molar-refractivity contribution in [2.24, 2.45) is 11.8 Å². The van der Waals surface area contributed by atoms with E-state index in [2.05, 4.69) is 41.8 Å². The van der Waals surface area contributed by atoms with Gasteiger partial charge in [-0.05, 0) is 103 Å². The molecule has 0 heterocycles. The number of nitrogens with one attached hydrogen (secondary N) is 2. The first-order valence-corrected chi connectivity index (χ1v) is 11.1. The molecule has 0 amide bonds. The lowest BCUT2D eigenvalue weighted by Gasteiger charge is -2.13. The molecule has 2 saturated carbocycles. The average Bonchev–Trinajstić information content (AvgIpc) is 3.68. The highest BCUT2D eigenvalue weighted by atomic mass is 19.1. The second-order valence-corrected chi connectivity index (χ2v) is 8.95. The van der Waals surface area contributed by atoms with Crippen LogP contribution in [0.5, 0.6) is 0 Å². The van der Waals surface area contributed by atoms with E-state index in [0.29, 0.717) is 5.56 Å². The van der Waals surface area contributed by atoms with E-state index in [1.165, 1.54) is 25.7 Å². The minimum Gasteiger partial charge on any atom is -0.385 e. The highest BCUT2D eigenvalue weighted by Crippen LogP contribution is 2.33. The minimum atomic E-state index is -0.176. The van der Waals surface area contributed by atoms with Crippen LogP contribution >= 0.6 is 0 Å². The summed E-state index contributed by atoms with van der Waals surface area (Å²) in [4.78, 5) is 0. The number of hydrogen-bond donors (Lipinski definition) is 2. The average molecular weight is 401 g/mol. The molecular formula is C27H29FN2. The maximum Gasteiger partial charge on any atom is 0.131 e. The SMILES string of the molecule is Cc1cc(-c2ccc(NCC3CC3)cc2)c(F)cc1-c1ccc(NCC2CC2)cc1. The topological polar surface area (TPSA) is 24.1 Å². The zero-order chi connectivity index (χ0) is 20.5. The summed E-state index contributed by atoms with van der Waals surface area (Å²) < 4.78 is 15.0. The quantitative estimate of drug-likeness (QED) is 0.421. The molecule has 2 aliphatic carbocycles. The van der Waals surface area contributed by atoms with Gasteiger partial charge in [0.25, 0.3) is 0 Å². The monoisotopic (exact) mass is 400 g/mol. The van der Waals surface area contributed by atoms with Gasteiger partial charge in [-0.15, -0.1) is 0 Å². The van der Waals surface area contributed by atoms with Crippen LogP contribution in [-0.2, 0) is 0 Å². The Morgan fingerprint density at radius 2 is 1.17 bits per heavy atom. The van der Waals surface area contributed by atoms with Crippen molar-refractivity contribution >= 4 is 11.4 Å². The van der Waals surface area contributed by atoms with Gasteiger partial charge in [0, 0.05) is 30.0 Å². The van der Waals surface area contributed by atoms with Crippen LogP contribution in [-0.4, -0.2) is 13.1 Å². The molecular weight excluding hydrogens is 371 g/mol. The van der Waals surface area contributed by atoms with Crippen molar-refractivity contribution in [2.45, 2.75) is 32.6 Å². The largest absolute Gasteiger partial charge is 0.385 e. The molecule has 0 spiro atoms. The zero-order valence-electron chi connectivity index (χ0n) is 17.5. The van der Waals surface area contributed by atoms with Gasteiger partial charge in [0.2, 0.25) is 0 Å². The second kappa shape index (κ2) is 8.14. The molecule has 0 atom stereocenters. The Kier molecular flexibility index (Phi) is 5.20. The Hall–Kier alpha value is -2.81. The number of halogens is 1. The van der Waals surface area contributed by atoms with Crippen molar-refractivity contribution in [1.82, 2.24) is 0 Å². The normalized spacial score (nSPS) is 15.8. The van der Waals surface area contributed by atoms with Crippen LogP contribution in [0.15, 0.2) is 60.7 Å². The van der Waals surface area contributed by atoms with E-state index in [9.17, 15) is 0 Å². The molecule has 0 aliphatic heterocycles. The smallest absolute Gasteiger partial charge is 0.131 e. The van der Waals surface area contributed by atoms with E-state index in [0.717, 1.165) is 58.6 Å². The summed E-state index contributed by atoms with van der Waals surface area (Å²) in [6, 6.07) is 20.1. The summed E-state index contributed by atoms with van der Waals surface area (Å²) in [7, 11) is 0. The number of anilines is 2. The first-order chi connectivity index (χ1) is 14.7. The molecule has 3 aromatic rings. The summed E-state index contributed by atoms with van der Waals surface area (Å²) in [6.07, 6.45) is 5.36. The number of benzene rings is 3. The van der Waals surface area contributed by atoms with Crippen molar-refractivity contribution in [3.05, 3.63) is 72.0 Å². The van der Waals surface area contributed by atoms with Gasteiger partial charge >= 0.3 is 0 Å². The van der Waals surface area contributed by atoms with Gasteiger partial charge in [-0.25, -0.2) is 4.39 Å². The van der Waals surface area contributed by atoms with E-state index in [4.69, 9.17) is 0 Å². The van der Waals surface area contributed by atoms with Gasteiger partial charge in [0.15, 0.2) is 0 Å². The van der Waals surface area contributed by atoms with Gasteiger partial charge in [-0.3, -0.25) is 0 Å². The van der Waals surface area contributed by atoms with Crippen molar-refractivity contribution < 1.29 is 4.39 Å². The number of rotatable bonds is 8. The summed E-state index contributed by atoms with van der Waals surface area (Å²) >= 11 is 0. The van der Waals surface area contributed by atoms with Crippen LogP contribution in [0.3, 0.4) is 0 Å². The van der Waals surface area contributed by atoms with Crippen LogP contribution in [0.25, 0.3) is 22.3 Å². The zero-order valence-corrected chi connectivity index (χ0v) is 17.5. The Morgan fingerprint density at radius 3 is 1.63 bits per heavy atom. The third-order valence-corrected chi connectivity index (χ3v) is 6.29. The molecule has 2 nitrogen and oxygen atoms in total. The lowest BCUT2D eigenvalue weighted by molar-refractivity contribution is 0.631. The lowest BCUT2D eigenvalue weighted by atomic mass is 9.95. The summed E-state index contributed by atoms with van der Waals surface area (Å²) in [5.74, 6) is 1.50. The lowest BCUT2D eigenvalue weighted by Crippen LogP contribution is -2.02. The van der Waals surface area contributed by atoms with Gasteiger partial charge < -0.3 is 10.6 Å².